The molecular formula is C19H19F3N2O. The van der Waals surface area contributed by atoms with E-state index in [1.807, 2.05) is 18.2 Å². The molecule has 0 spiro atoms. The van der Waals surface area contributed by atoms with Crippen LogP contribution in [0.5, 0.6) is 0 Å². The Labute approximate surface area is 144 Å². The molecule has 2 aromatic rings. The first kappa shape index (κ1) is 17.3. The van der Waals surface area contributed by atoms with Gasteiger partial charge in [0, 0.05) is 25.2 Å². The Morgan fingerprint density at radius 1 is 1.08 bits per heavy atom. The van der Waals surface area contributed by atoms with Crippen molar-refractivity contribution in [3.05, 3.63) is 59.7 Å². The lowest BCUT2D eigenvalue weighted by molar-refractivity contribution is -0.137. The average Bonchev–Trinajstić information content (AvgIpc) is 2.59. The van der Waals surface area contributed by atoms with Gasteiger partial charge in [0.05, 0.1) is 11.3 Å². The number of nitrogens with zero attached hydrogens (tertiary/aromatic N) is 1. The molecule has 2 aromatic carbocycles. The van der Waals surface area contributed by atoms with E-state index in [2.05, 4.69) is 16.3 Å². The molecule has 1 N–H and O–H groups in total. The van der Waals surface area contributed by atoms with Gasteiger partial charge in [0.2, 0.25) is 5.91 Å². The van der Waals surface area contributed by atoms with E-state index in [4.69, 9.17) is 0 Å². The SMILES string of the molecule is O=C(CCN1CCCc2ccccc21)Nc1ccccc1C(F)(F)F. The minimum atomic E-state index is -4.49. The van der Waals surface area contributed by atoms with Crippen LogP contribution in [0.1, 0.15) is 24.0 Å². The molecule has 0 saturated heterocycles. The van der Waals surface area contributed by atoms with E-state index in [1.165, 1.54) is 23.8 Å². The number of halogens is 3. The summed E-state index contributed by atoms with van der Waals surface area (Å²) in [6.45, 7) is 1.33. The predicted octanol–water partition coefficient (Wildman–Crippen LogP) is 4.49. The number of para-hydroxylation sites is 2. The van der Waals surface area contributed by atoms with Crippen molar-refractivity contribution >= 4 is 17.3 Å². The third kappa shape index (κ3) is 4.13. The lowest BCUT2D eigenvalue weighted by Crippen LogP contribution is -2.32. The Bertz CT molecular complexity index is 758. The zero-order valence-corrected chi connectivity index (χ0v) is 13.6. The van der Waals surface area contributed by atoms with Gasteiger partial charge in [-0.15, -0.1) is 0 Å². The standard InChI is InChI=1S/C19H19F3N2O/c20-19(21,22)15-8-2-3-9-16(15)23-18(25)11-13-24-12-5-7-14-6-1-4-10-17(14)24/h1-4,6,8-10H,5,7,11-13H2,(H,23,25). The fourth-order valence-corrected chi connectivity index (χ4v) is 3.13. The molecule has 0 unspecified atom stereocenters. The number of carbonyl (C=O) groups is 1. The Hall–Kier alpha value is -2.50. The molecule has 6 heteroatoms. The molecule has 132 valence electrons. The highest BCUT2D eigenvalue weighted by molar-refractivity contribution is 5.92. The molecule has 0 radical (unpaired) electrons. The topological polar surface area (TPSA) is 32.3 Å². The van der Waals surface area contributed by atoms with Crippen molar-refractivity contribution < 1.29 is 18.0 Å². The van der Waals surface area contributed by atoms with Crippen LogP contribution >= 0.6 is 0 Å². The summed E-state index contributed by atoms with van der Waals surface area (Å²) in [6.07, 6.45) is -2.33. The summed E-state index contributed by atoms with van der Waals surface area (Å²) in [4.78, 5) is 14.3. The van der Waals surface area contributed by atoms with E-state index >= 15 is 0 Å². The molecule has 3 nitrogen and oxygen atoms in total. The van der Waals surface area contributed by atoms with Crippen LogP contribution < -0.4 is 10.2 Å². The second-order valence-corrected chi connectivity index (χ2v) is 6.06. The van der Waals surface area contributed by atoms with Gasteiger partial charge < -0.3 is 10.2 Å². The fraction of sp³-hybridized carbons (Fsp3) is 0.316. The molecule has 0 aliphatic carbocycles. The summed E-state index contributed by atoms with van der Waals surface area (Å²) < 4.78 is 38.9. The maximum atomic E-state index is 13.0. The molecule has 1 aliphatic rings. The smallest absolute Gasteiger partial charge is 0.371 e. The molecule has 25 heavy (non-hydrogen) atoms. The molecule has 0 fully saturated rings. The van der Waals surface area contributed by atoms with Gasteiger partial charge in [-0.25, -0.2) is 0 Å². The van der Waals surface area contributed by atoms with E-state index in [9.17, 15) is 18.0 Å². The van der Waals surface area contributed by atoms with Crippen LogP contribution in [-0.4, -0.2) is 19.0 Å². The summed E-state index contributed by atoms with van der Waals surface area (Å²) in [5, 5.41) is 2.40. The minimum absolute atomic E-state index is 0.139. The molecule has 1 heterocycles. The van der Waals surface area contributed by atoms with Crippen LogP contribution in [0, 0.1) is 0 Å². The highest BCUT2D eigenvalue weighted by Crippen LogP contribution is 2.34. The summed E-state index contributed by atoms with van der Waals surface area (Å²) in [6, 6.07) is 13.1. The van der Waals surface area contributed by atoms with Gasteiger partial charge in [0.15, 0.2) is 0 Å². The van der Waals surface area contributed by atoms with Crippen molar-refractivity contribution in [1.29, 1.82) is 0 Å². The number of alkyl halides is 3. The molecule has 0 aromatic heterocycles. The molecule has 1 aliphatic heterocycles. The molecule has 0 saturated carbocycles. The zero-order valence-electron chi connectivity index (χ0n) is 13.6. The van der Waals surface area contributed by atoms with Gasteiger partial charge in [-0.05, 0) is 36.6 Å². The van der Waals surface area contributed by atoms with Crippen LogP contribution in [0.3, 0.4) is 0 Å². The number of hydrogen-bond donors (Lipinski definition) is 1. The number of nitrogens with one attached hydrogen (secondary N) is 1. The third-order valence-corrected chi connectivity index (χ3v) is 4.32. The normalized spacial score (nSPS) is 14.1. The van der Waals surface area contributed by atoms with E-state index < -0.39 is 17.6 Å². The molecular weight excluding hydrogens is 329 g/mol. The van der Waals surface area contributed by atoms with E-state index in [0.29, 0.717) is 6.54 Å². The quantitative estimate of drug-likeness (QED) is 0.883. The van der Waals surface area contributed by atoms with Crippen LogP contribution in [0.15, 0.2) is 48.5 Å². The number of benzene rings is 2. The van der Waals surface area contributed by atoms with E-state index in [-0.39, 0.29) is 12.1 Å². The zero-order chi connectivity index (χ0) is 17.9. The van der Waals surface area contributed by atoms with Gasteiger partial charge in [-0.3, -0.25) is 4.79 Å². The molecule has 3 rings (SSSR count). The molecule has 0 bridgehead atoms. The van der Waals surface area contributed by atoms with Crippen molar-refractivity contribution in [2.24, 2.45) is 0 Å². The first-order valence-electron chi connectivity index (χ1n) is 8.24. The van der Waals surface area contributed by atoms with Crippen molar-refractivity contribution in [1.82, 2.24) is 0 Å². The Balaban J connectivity index is 1.64. The summed E-state index contributed by atoms with van der Waals surface area (Å²) in [5.74, 6) is -0.417. The van der Waals surface area contributed by atoms with Gasteiger partial charge in [0.1, 0.15) is 0 Å². The summed E-state index contributed by atoms with van der Waals surface area (Å²) in [5.41, 5.74) is 1.33. The van der Waals surface area contributed by atoms with Gasteiger partial charge in [-0.2, -0.15) is 13.2 Å². The molecule has 0 atom stereocenters. The van der Waals surface area contributed by atoms with Gasteiger partial charge in [-0.1, -0.05) is 30.3 Å². The number of anilines is 2. The second-order valence-electron chi connectivity index (χ2n) is 6.06. The Kier molecular flexibility index (Phi) is 4.97. The van der Waals surface area contributed by atoms with Gasteiger partial charge in [0.25, 0.3) is 0 Å². The van der Waals surface area contributed by atoms with Crippen molar-refractivity contribution in [2.75, 3.05) is 23.3 Å². The largest absolute Gasteiger partial charge is 0.418 e. The van der Waals surface area contributed by atoms with Crippen LogP contribution in [0.25, 0.3) is 0 Å². The van der Waals surface area contributed by atoms with Crippen LogP contribution in [-0.2, 0) is 17.4 Å². The van der Waals surface area contributed by atoms with Crippen molar-refractivity contribution in [3.63, 3.8) is 0 Å². The predicted molar refractivity (Wildman–Crippen MR) is 91.7 cm³/mol. The van der Waals surface area contributed by atoms with Crippen LogP contribution in [0.2, 0.25) is 0 Å². The lowest BCUT2D eigenvalue weighted by Gasteiger charge is -2.31. The Morgan fingerprint density at radius 3 is 2.60 bits per heavy atom. The highest BCUT2D eigenvalue weighted by atomic mass is 19.4. The lowest BCUT2D eigenvalue weighted by atomic mass is 10.0. The number of amides is 1. The van der Waals surface area contributed by atoms with Crippen molar-refractivity contribution in [2.45, 2.75) is 25.4 Å². The van der Waals surface area contributed by atoms with E-state index in [1.54, 1.807) is 0 Å². The van der Waals surface area contributed by atoms with Crippen LogP contribution in [0.4, 0.5) is 24.5 Å². The van der Waals surface area contributed by atoms with Crippen molar-refractivity contribution in [3.8, 4) is 0 Å². The number of carbonyl (C=O) groups excluding carboxylic acids is 1. The number of hydrogen-bond acceptors (Lipinski definition) is 2. The number of aryl methyl sites for hydroxylation is 1. The molecule has 1 amide bonds. The summed E-state index contributed by atoms with van der Waals surface area (Å²) >= 11 is 0. The number of rotatable bonds is 4. The number of fused-ring (bicyclic) bond motifs is 1. The fourth-order valence-electron chi connectivity index (χ4n) is 3.13. The summed E-state index contributed by atoms with van der Waals surface area (Å²) in [7, 11) is 0. The maximum absolute atomic E-state index is 13.0. The first-order valence-corrected chi connectivity index (χ1v) is 8.24. The third-order valence-electron chi connectivity index (χ3n) is 4.32. The highest BCUT2D eigenvalue weighted by Gasteiger charge is 2.33. The monoisotopic (exact) mass is 348 g/mol. The first-order chi connectivity index (χ1) is 11.9. The second kappa shape index (κ2) is 7.17. The maximum Gasteiger partial charge on any atom is 0.418 e. The average molecular weight is 348 g/mol. The van der Waals surface area contributed by atoms with E-state index in [0.717, 1.165) is 31.1 Å². The minimum Gasteiger partial charge on any atom is -0.371 e. The Morgan fingerprint density at radius 2 is 1.80 bits per heavy atom. The van der Waals surface area contributed by atoms with Gasteiger partial charge >= 0.3 is 6.18 Å².